The van der Waals surface area contributed by atoms with Gasteiger partial charge in [0, 0.05) is 25.3 Å². The van der Waals surface area contributed by atoms with E-state index < -0.39 is 5.60 Å². The van der Waals surface area contributed by atoms with Gasteiger partial charge >= 0.3 is 0 Å². The topological polar surface area (TPSA) is 67.4 Å². The molecule has 0 aliphatic heterocycles. The molecule has 0 saturated heterocycles. The maximum atomic E-state index is 11.9. The number of hydrogen-bond donors (Lipinski definition) is 2. The molecular weight excluding hydrogens is 280 g/mol. The number of aryl methyl sites for hydroxylation is 2. The summed E-state index contributed by atoms with van der Waals surface area (Å²) in [4.78, 5) is 23.8. The minimum atomic E-state index is -0.876. The van der Waals surface area contributed by atoms with E-state index in [-0.39, 0.29) is 24.8 Å². The first-order valence-electron chi connectivity index (χ1n) is 7.55. The highest BCUT2D eigenvalue weighted by atomic mass is 16.5. The summed E-state index contributed by atoms with van der Waals surface area (Å²) in [5.74, 6) is -0.338. The fraction of sp³-hybridized carbons (Fsp3) is 0.529. The SMILES string of the molecule is CCOC(C)(C)C(=O)NCCC(=O)Nc1ccc(C)cc1C. The summed E-state index contributed by atoms with van der Waals surface area (Å²) in [7, 11) is 0. The van der Waals surface area contributed by atoms with Crippen LogP contribution in [-0.4, -0.2) is 30.6 Å². The van der Waals surface area contributed by atoms with Crippen LogP contribution < -0.4 is 10.6 Å². The molecule has 122 valence electrons. The predicted octanol–water partition coefficient (Wildman–Crippen LogP) is 2.56. The van der Waals surface area contributed by atoms with Crippen molar-refractivity contribution in [3.05, 3.63) is 29.3 Å². The van der Waals surface area contributed by atoms with Crippen LogP contribution in [0.25, 0.3) is 0 Å². The summed E-state index contributed by atoms with van der Waals surface area (Å²) in [6.45, 7) is 9.97. The largest absolute Gasteiger partial charge is 0.366 e. The second-order valence-corrected chi connectivity index (χ2v) is 5.82. The number of nitrogens with one attached hydrogen (secondary N) is 2. The van der Waals surface area contributed by atoms with Crippen LogP contribution in [0.3, 0.4) is 0 Å². The van der Waals surface area contributed by atoms with E-state index in [0.717, 1.165) is 16.8 Å². The molecule has 0 radical (unpaired) electrons. The van der Waals surface area contributed by atoms with Gasteiger partial charge in [-0.2, -0.15) is 0 Å². The lowest BCUT2D eigenvalue weighted by Gasteiger charge is -2.23. The Balaban J connectivity index is 2.42. The molecule has 0 aliphatic carbocycles. The van der Waals surface area contributed by atoms with Gasteiger partial charge in [0.25, 0.3) is 5.91 Å². The summed E-state index contributed by atoms with van der Waals surface area (Å²) in [6, 6.07) is 5.86. The van der Waals surface area contributed by atoms with Gasteiger partial charge in [-0.15, -0.1) is 0 Å². The molecule has 0 aromatic heterocycles. The zero-order valence-electron chi connectivity index (χ0n) is 14.1. The van der Waals surface area contributed by atoms with Gasteiger partial charge in [0.05, 0.1) is 0 Å². The van der Waals surface area contributed by atoms with E-state index in [1.54, 1.807) is 13.8 Å². The molecule has 0 unspecified atom stereocenters. The van der Waals surface area contributed by atoms with E-state index in [9.17, 15) is 9.59 Å². The smallest absolute Gasteiger partial charge is 0.251 e. The van der Waals surface area contributed by atoms with Crippen molar-refractivity contribution in [1.82, 2.24) is 5.32 Å². The normalized spacial score (nSPS) is 11.1. The van der Waals surface area contributed by atoms with Gasteiger partial charge < -0.3 is 15.4 Å². The molecule has 0 aliphatic rings. The van der Waals surface area contributed by atoms with Crippen LogP contribution in [0.2, 0.25) is 0 Å². The molecule has 5 heteroatoms. The molecule has 0 spiro atoms. The molecular formula is C17H26N2O3. The molecule has 0 saturated carbocycles. The van der Waals surface area contributed by atoms with Crippen LogP contribution in [0.4, 0.5) is 5.69 Å². The van der Waals surface area contributed by atoms with Crippen molar-refractivity contribution >= 4 is 17.5 Å². The van der Waals surface area contributed by atoms with Crippen LogP contribution in [0, 0.1) is 13.8 Å². The van der Waals surface area contributed by atoms with Gasteiger partial charge in [-0.3, -0.25) is 9.59 Å². The van der Waals surface area contributed by atoms with Gasteiger partial charge in [-0.25, -0.2) is 0 Å². The standard InChI is InChI=1S/C17H26N2O3/c1-6-22-17(4,5)16(21)18-10-9-15(20)19-14-8-7-12(2)11-13(14)3/h7-8,11H,6,9-10H2,1-5H3,(H,18,21)(H,19,20). The van der Waals surface area contributed by atoms with Crippen molar-refractivity contribution in [2.75, 3.05) is 18.5 Å². The van der Waals surface area contributed by atoms with Gasteiger partial charge in [0.1, 0.15) is 5.60 Å². The van der Waals surface area contributed by atoms with Gasteiger partial charge in [0.15, 0.2) is 0 Å². The van der Waals surface area contributed by atoms with Crippen molar-refractivity contribution < 1.29 is 14.3 Å². The Morgan fingerprint density at radius 1 is 1.23 bits per heavy atom. The Hall–Kier alpha value is -1.88. The summed E-state index contributed by atoms with van der Waals surface area (Å²) < 4.78 is 5.36. The number of carbonyl (C=O) groups is 2. The van der Waals surface area contributed by atoms with Crippen molar-refractivity contribution in [2.45, 2.75) is 46.6 Å². The first-order valence-corrected chi connectivity index (χ1v) is 7.55. The van der Waals surface area contributed by atoms with Crippen molar-refractivity contribution in [2.24, 2.45) is 0 Å². The highest BCUT2D eigenvalue weighted by molar-refractivity contribution is 5.92. The lowest BCUT2D eigenvalue weighted by Crippen LogP contribution is -2.45. The maximum absolute atomic E-state index is 11.9. The molecule has 1 aromatic rings. The lowest BCUT2D eigenvalue weighted by atomic mass is 10.1. The number of benzene rings is 1. The Morgan fingerprint density at radius 3 is 2.50 bits per heavy atom. The molecule has 22 heavy (non-hydrogen) atoms. The van der Waals surface area contributed by atoms with Crippen LogP contribution in [-0.2, 0) is 14.3 Å². The van der Waals surface area contributed by atoms with E-state index in [0.29, 0.717) is 6.61 Å². The van der Waals surface area contributed by atoms with E-state index in [1.807, 2.05) is 39.0 Å². The lowest BCUT2D eigenvalue weighted by molar-refractivity contribution is -0.142. The molecule has 0 fully saturated rings. The fourth-order valence-electron chi connectivity index (χ4n) is 2.10. The van der Waals surface area contributed by atoms with Crippen LogP contribution in [0.15, 0.2) is 18.2 Å². The van der Waals surface area contributed by atoms with Gasteiger partial charge in [-0.05, 0) is 46.2 Å². The Morgan fingerprint density at radius 2 is 1.91 bits per heavy atom. The minimum Gasteiger partial charge on any atom is -0.366 e. The van der Waals surface area contributed by atoms with Crippen molar-refractivity contribution in [1.29, 1.82) is 0 Å². The third kappa shape index (κ3) is 5.48. The van der Waals surface area contributed by atoms with E-state index in [4.69, 9.17) is 4.74 Å². The molecule has 1 aromatic carbocycles. The Kier molecular flexibility index (Phi) is 6.56. The monoisotopic (exact) mass is 306 g/mol. The van der Waals surface area contributed by atoms with Crippen LogP contribution in [0.5, 0.6) is 0 Å². The second kappa shape index (κ2) is 7.94. The first kappa shape index (κ1) is 18.2. The number of ether oxygens (including phenoxy) is 1. The fourth-order valence-corrected chi connectivity index (χ4v) is 2.10. The summed E-state index contributed by atoms with van der Waals surface area (Å²) in [5.41, 5.74) is 2.10. The summed E-state index contributed by atoms with van der Waals surface area (Å²) >= 11 is 0. The van der Waals surface area contributed by atoms with Crippen LogP contribution >= 0.6 is 0 Å². The van der Waals surface area contributed by atoms with Gasteiger partial charge in [0.2, 0.25) is 5.91 Å². The van der Waals surface area contributed by atoms with E-state index >= 15 is 0 Å². The number of carbonyl (C=O) groups excluding carboxylic acids is 2. The molecule has 1 rings (SSSR count). The van der Waals surface area contributed by atoms with Crippen LogP contribution in [0.1, 0.15) is 38.3 Å². The average Bonchev–Trinajstić information content (AvgIpc) is 2.41. The summed E-state index contributed by atoms with van der Waals surface area (Å²) in [6.07, 6.45) is 0.223. The number of amides is 2. The van der Waals surface area contributed by atoms with Gasteiger partial charge in [-0.1, -0.05) is 17.7 Å². The number of anilines is 1. The quantitative estimate of drug-likeness (QED) is 0.813. The second-order valence-electron chi connectivity index (χ2n) is 5.82. The molecule has 0 heterocycles. The molecule has 2 amide bonds. The zero-order chi connectivity index (χ0) is 16.8. The van der Waals surface area contributed by atoms with Crippen molar-refractivity contribution in [3.63, 3.8) is 0 Å². The number of rotatable bonds is 7. The maximum Gasteiger partial charge on any atom is 0.251 e. The van der Waals surface area contributed by atoms with Crippen molar-refractivity contribution in [3.8, 4) is 0 Å². The molecule has 0 atom stereocenters. The average molecular weight is 306 g/mol. The van der Waals surface area contributed by atoms with E-state index in [1.165, 1.54) is 0 Å². The predicted molar refractivity (Wildman–Crippen MR) is 87.9 cm³/mol. The van der Waals surface area contributed by atoms with E-state index in [2.05, 4.69) is 10.6 Å². The highest BCUT2D eigenvalue weighted by Gasteiger charge is 2.27. The third-order valence-corrected chi connectivity index (χ3v) is 3.35. The Labute approximate surface area is 132 Å². The minimum absolute atomic E-state index is 0.124. The zero-order valence-corrected chi connectivity index (χ0v) is 14.1. The number of hydrogen-bond acceptors (Lipinski definition) is 3. The highest BCUT2D eigenvalue weighted by Crippen LogP contribution is 2.16. The third-order valence-electron chi connectivity index (χ3n) is 3.35. The molecule has 5 nitrogen and oxygen atoms in total. The first-order chi connectivity index (χ1) is 10.3. The Bertz CT molecular complexity index is 539. The molecule has 2 N–H and O–H groups in total. The summed E-state index contributed by atoms with van der Waals surface area (Å²) in [5, 5.41) is 5.58. The molecule has 0 bridgehead atoms.